The Morgan fingerprint density at radius 2 is 2.00 bits per heavy atom. The van der Waals surface area contributed by atoms with Crippen LogP contribution in [0.3, 0.4) is 0 Å². The molecule has 0 saturated carbocycles. The van der Waals surface area contributed by atoms with Crippen LogP contribution in [0.5, 0.6) is 5.75 Å². The summed E-state index contributed by atoms with van der Waals surface area (Å²) in [6.07, 6.45) is 1.71. The maximum atomic E-state index is 12.1. The van der Waals surface area contributed by atoms with Crippen LogP contribution in [-0.4, -0.2) is 17.5 Å². The first-order valence-corrected chi connectivity index (χ1v) is 7.60. The lowest BCUT2D eigenvalue weighted by Crippen LogP contribution is -2.20. The van der Waals surface area contributed by atoms with Gasteiger partial charge in [-0.2, -0.15) is 0 Å². The van der Waals surface area contributed by atoms with Crippen LogP contribution in [0.25, 0.3) is 10.9 Å². The fourth-order valence-electron chi connectivity index (χ4n) is 2.13. The van der Waals surface area contributed by atoms with Crippen LogP contribution in [0.4, 0.5) is 5.69 Å². The Bertz CT molecular complexity index is 863. The third-order valence-electron chi connectivity index (χ3n) is 3.17. The Balaban J connectivity index is 1.70. The molecule has 0 saturated heterocycles. The van der Waals surface area contributed by atoms with Gasteiger partial charge in [-0.3, -0.25) is 9.78 Å². The van der Waals surface area contributed by atoms with Gasteiger partial charge in [-0.05, 0) is 36.4 Å². The van der Waals surface area contributed by atoms with Crippen molar-refractivity contribution >= 4 is 45.7 Å². The summed E-state index contributed by atoms with van der Waals surface area (Å²) in [5, 5.41) is 4.56. The van der Waals surface area contributed by atoms with Gasteiger partial charge in [-0.15, -0.1) is 0 Å². The minimum absolute atomic E-state index is 0.170. The molecule has 3 aromatic rings. The molecular weight excluding hydrogens is 335 g/mol. The molecule has 0 bridgehead atoms. The number of aromatic nitrogens is 1. The highest BCUT2D eigenvalue weighted by atomic mass is 35.5. The number of ether oxygens (including phenoxy) is 1. The summed E-state index contributed by atoms with van der Waals surface area (Å²) in [5.41, 5.74) is 1.49. The summed E-state index contributed by atoms with van der Waals surface area (Å²) in [6, 6.07) is 14.1. The van der Waals surface area contributed by atoms with E-state index in [-0.39, 0.29) is 12.5 Å². The van der Waals surface area contributed by atoms with Crippen molar-refractivity contribution in [3.05, 3.63) is 64.8 Å². The van der Waals surface area contributed by atoms with Gasteiger partial charge in [-0.25, -0.2) is 0 Å². The van der Waals surface area contributed by atoms with Crippen LogP contribution in [0.1, 0.15) is 0 Å². The summed E-state index contributed by atoms with van der Waals surface area (Å²) < 4.78 is 5.42. The maximum Gasteiger partial charge on any atom is 0.262 e. The smallest absolute Gasteiger partial charge is 0.262 e. The second-order valence-electron chi connectivity index (χ2n) is 4.79. The van der Waals surface area contributed by atoms with Crippen LogP contribution in [-0.2, 0) is 4.79 Å². The molecule has 0 radical (unpaired) electrons. The fourth-order valence-corrected chi connectivity index (χ4v) is 2.46. The zero-order chi connectivity index (χ0) is 16.2. The molecule has 1 aromatic heterocycles. The van der Waals surface area contributed by atoms with Gasteiger partial charge in [0.1, 0.15) is 5.75 Å². The predicted molar refractivity (Wildman–Crippen MR) is 92.3 cm³/mol. The van der Waals surface area contributed by atoms with Gasteiger partial charge in [0.15, 0.2) is 6.61 Å². The first-order valence-electron chi connectivity index (χ1n) is 6.85. The van der Waals surface area contributed by atoms with Crippen molar-refractivity contribution in [1.29, 1.82) is 0 Å². The highest BCUT2D eigenvalue weighted by molar-refractivity contribution is 6.34. The minimum atomic E-state index is -0.294. The molecule has 23 heavy (non-hydrogen) atoms. The number of rotatable bonds is 4. The number of amides is 1. The minimum Gasteiger partial charge on any atom is -0.482 e. The summed E-state index contributed by atoms with van der Waals surface area (Å²) in [6.45, 7) is -0.170. The molecule has 3 rings (SSSR count). The molecule has 1 N–H and O–H groups in total. The second-order valence-corrected chi connectivity index (χ2v) is 5.63. The van der Waals surface area contributed by atoms with Gasteiger partial charge in [0.25, 0.3) is 5.91 Å². The topological polar surface area (TPSA) is 51.2 Å². The number of fused-ring (bicyclic) bond motifs is 1. The number of nitrogens with one attached hydrogen (secondary N) is 1. The molecule has 0 aliphatic heterocycles. The highest BCUT2D eigenvalue weighted by Crippen LogP contribution is 2.27. The van der Waals surface area contributed by atoms with E-state index in [1.165, 1.54) is 0 Å². The van der Waals surface area contributed by atoms with Gasteiger partial charge in [-0.1, -0.05) is 29.3 Å². The molecule has 6 heteroatoms. The third kappa shape index (κ3) is 3.73. The van der Waals surface area contributed by atoms with E-state index in [0.29, 0.717) is 21.5 Å². The van der Waals surface area contributed by atoms with E-state index in [0.717, 1.165) is 10.9 Å². The number of hydrogen-bond donors (Lipinski definition) is 1. The lowest BCUT2D eigenvalue weighted by atomic mass is 10.2. The van der Waals surface area contributed by atoms with E-state index < -0.39 is 0 Å². The number of benzene rings is 2. The maximum absolute atomic E-state index is 12.1. The predicted octanol–water partition coefficient (Wildman–Crippen LogP) is 4.56. The molecule has 0 unspecified atom stereocenters. The number of carbonyl (C=O) groups is 1. The monoisotopic (exact) mass is 346 g/mol. The average Bonchev–Trinajstić information content (AvgIpc) is 2.56. The van der Waals surface area contributed by atoms with Crippen LogP contribution in [0.2, 0.25) is 10.0 Å². The Morgan fingerprint density at radius 3 is 2.87 bits per heavy atom. The van der Waals surface area contributed by atoms with Crippen LogP contribution < -0.4 is 10.1 Å². The van der Waals surface area contributed by atoms with Gasteiger partial charge in [0, 0.05) is 22.7 Å². The molecule has 0 aliphatic rings. The Hall–Kier alpha value is -2.30. The largest absolute Gasteiger partial charge is 0.482 e. The van der Waals surface area contributed by atoms with E-state index in [4.69, 9.17) is 27.9 Å². The van der Waals surface area contributed by atoms with Gasteiger partial charge >= 0.3 is 0 Å². The molecule has 2 aromatic carbocycles. The molecule has 0 atom stereocenters. The molecule has 0 spiro atoms. The van der Waals surface area contributed by atoms with Crippen LogP contribution in [0.15, 0.2) is 54.7 Å². The molecule has 0 aliphatic carbocycles. The van der Waals surface area contributed by atoms with E-state index in [9.17, 15) is 4.79 Å². The number of carbonyl (C=O) groups excluding carboxylic acids is 1. The summed E-state index contributed by atoms with van der Waals surface area (Å²) >= 11 is 11.9. The zero-order valence-electron chi connectivity index (χ0n) is 11.9. The van der Waals surface area contributed by atoms with E-state index in [2.05, 4.69) is 10.3 Å². The lowest BCUT2D eigenvalue weighted by Gasteiger charge is -2.10. The number of anilines is 1. The molecule has 1 heterocycles. The third-order valence-corrected chi connectivity index (χ3v) is 3.72. The van der Waals surface area contributed by atoms with Crippen molar-refractivity contribution in [3.8, 4) is 5.75 Å². The van der Waals surface area contributed by atoms with Crippen molar-refractivity contribution in [2.24, 2.45) is 0 Å². The molecule has 1 amide bonds. The average molecular weight is 347 g/mol. The van der Waals surface area contributed by atoms with Gasteiger partial charge in [0.05, 0.1) is 16.2 Å². The van der Waals surface area contributed by atoms with Crippen molar-refractivity contribution in [2.75, 3.05) is 11.9 Å². The van der Waals surface area contributed by atoms with Crippen LogP contribution in [0, 0.1) is 0 Å². The quantitative estimate of drug-likeness (QED) is 0.753. The SMILES string of the molecule is O=C(COc1cc(Cl)ccc1Cl)Nc1cccc2ncccc12. The Labute approximate surface area is 143 Å². The molecule has 0 fully saturated rings. The first-order chi connectivity index (χ1) is 11.1. The number of pyridine rings is 1. The Morgan fingerprint density at radius 1 is 1.13 bits per heavy atom. The van der Waals surface area contributed by atoms with Crippen molar-refractivity contribution in [1.82, 2.24) is 4.98 Å². The lowest BCUT2D eigenvalue weighted by molar-refractivity contribution is -0.118. The van der Waals surface area contributed by atoms with Crippen molar-refractivity contribution in [2.45, 2.75) is 0 Å². The summed E-state index contributed by atoms with van der Waals surface area (Å²) in [7, 11) is 0. The molecule has 4 nitrogen and oxygen atoms in total. The summed E-state index contributed by atoms with van der Waals surface area (Å²) in [4.78, 5) is 16.3. The fraction of sp³-hybridized carbons (Fsp3) is 0.0588. The second kappa shape index (κ2) is 6.86. The van der Waals surface area contributed by atoms with Crippen molar-refractivity contribution < 1.29 is 9.53 Å². The molecular formula is C17H12Cl2N2O2. The normalized spacial score (nSPS) is 10.5. The number of nitrogens with zero attached hydrogens (tertiary/aromatic N) is 1. The zero-order valence-corrected chi connectivity index (χ0v) is 13.4. The number of halogens is 2. The first kappa shape index (κ1) is 15.6. The molecule has 116 valence electrons. The standard InChI is InChI=1S/C17H12Cl2N2O2/c18-11-6-7-13(19)16(9-11)23-10-17(22)21-15-5-1-4-14-12(15)3-2-8-20-14/h1-9H,10H2,(H,21,22). The van der Waals surface area contributed by atoms with E-state index >= 15 is 0 Å². The van der Waals surface area contributed by atoms with Gasteiger partial charge < -0.3 is 10.1 Å². The van der Waals surface area contributed by atoms with Crippen molar-refractivity contribution in [3.63, 3.8) is 0 Å². The van der Waals surface area contributed by atoms with E-state index in [1.54, 1.807) is 24.4 Å². The number of hydrogen-bond acceptors (Lipinski definition) is 3. The Kier molecular flexibility index (Phi) is 4.65. The van der Waals surface area contributed by atoms with E-state index in [1.807, 2.05) is 30.3 Å². The van der Waals surface area contributed by atoms with Crippen LogP contribution >= 0.6 is 23.2 Å². The highest BCUT2D eigenvalue weighted by Gasteiger charge is 2.09. The summed E-state index contributed by atoms with van der Waals surface area (Å²) in [5.74, 6) is 0.0753. The van der Waals surface area contributed by atoms with Gasteiger partial charge in [0.2, 0.25) is 0 Å².